The minimum absolute atomic E-state index is 0.401. The second-order valence-corrected chi connectivity index (χ2v) is 7.21. The molecule has 2 heterocycles. The molecule has 1 aliphatic heterocycles. The van der Waals surface area contributed by atoms with E-state index in [1.807, 2.05) is 42.6 Å². The van der Waals surface area contributed by atoms with Gasteiger partial charge in [-0.2, -0.15) is 4.37 Å². The quantitative estimate of drug-likeness (QED) is 0.671. The number of nitrogens with two attached hydrogens (primary N) is 1. The molecule has 0 saturated carbocycles. The maximum absolute atomic E-state index is 6.49. The Kier molecular flexibility index (Phi) is 4.61. The van der Waals surface area contributed by atoms with Crippen molar-refractivity contribution in [2.75, 3.05) is 11.4 Å². The summed E-state index contributed by atoms with van der Waals surface area (Å²) in [5.74, 6) is 1.41. The van der Waals surface area contributed by atoms with E-state index in [1.54, 1.807) is 0 Å². The summed E-state index contributed by atoms with van der Waals surface area (Å²) in [4.78, 5) is 2.23. The molecule has 2 N–H and O–H groups in total. The standard InChI is InChI=1S/C19H18ClN3OS/c20-16-11-14(23-10-2-3-13(23)8-9-21)6-7-18(16)24-17-4-1-5-19-15(17)12-22-25-19/h1-2,4-7,10-13H,3,8-9,21H2. The van der Waals surface area contributed by atoms with Gasteiger partial charge in [0.05, 0.1) is 21.3 Å². The van der Waals surface area contributed by atoms with E-state index >= 15 is 0 Å². The van der Waals surface area contributed by atoms with Crippen molar-refractivity contribution < 1.29 is 4.74 Å². The summed E-state index contributed by atoms with van der Waals surface area (Å²) < 4.78 is 11.4. The minimum atomic E-state index is 0.401. The van der Waals surface area contributed by atoms with Gasteiger partial charge in [0.15, 0.2) is 0 Å². The SMILES string of the molecule is NCCC1CC=CN1c1ccc(Oc2cccc3sncc23)c(Cl)c1. The Labute approximate surface area is 155 Å². The molecule has 2 aromatic carbocycles. The molecule has 0 aliphatic carbocycles. The molecule has 25 heavy (non-hydrogen) atoms. The number of hydrogen-bond donors (Lipinski definition) is 1. The number of aromatic nitrogens is 1. The van der Waals surface area contributed by atoms with Crippen molar-refractivity contribution in [3.63, 3.8) is 0 Å². The van der Waals surface area contributed by atoms with Crippen LogP contribution in [0.5, 0.6) is 11.5 Å². The van der Waals surface area contributed by atoms with Crippen molar-refractivity contribution in [1.29, 1.82) is 0 Å². The first-order valence-corrected chi connectivity index (χ1v) is 9.37. The molecule has 0 amide bonds. The average Bonchev–Trinajstić information content (AvgIpc) is 3.26. The highest BCUT2D eigenvalue weighted by Gasteiger charge is 2.20. The van der Waals surface area contributed by atoms with Crippen molar-refractivity contribution in [3.8, 4) is 11.5 Å². The molecule has 0 saturated heterocycles. The van der Waals surface area contributed by atoms with E-state index in [0.717, 1.165) is 34.4 Å². The van der Waals surface area contributed by atoms with Crippen LogP contribution in [0.15, 0.2) is 54.9 Å². The fraction of sp³-hybridized carbons (Fsp3) is 0.211. The molecular weight excluding hydrogens is 354 g/mol. The van der Waals surface area contributed by atoms with Crippen molar-refractivity contribution in [2.45, 2.75) is 18.9 Å². The molecule has 3 aromatic rings. The van der Waals surface area contributed by atoms with E-state index < -0.39 is 0 Å². The zero-order chi connectivity index (χ0) is 17.2. The number of halogens is 1. The molecule has 4 rings (SSSR count). The zero-order valence-electron chi connectivity index (χ0n) is 13.6. The van der Waals surface area contributed by atoms with Crippen LogP contribution in [0.1, 0.15) is 12.8 Å². The summed E-state index contributed by atoms with van der Waals surface area (Å²) in [6.45, 7) is 0.677. The van der Waals surface area contributed by atoms with E-state index in [0.29, 0.717) is 23.4 Å². The maximum Gasteiger partial charge on any atom is 0.146 e. The molecule has 0 spiro atoms. The number of anilines is 1. The van der Waals surface area contributed by atoms with E-state index in [1.165, 1.54) is 11.5 Å². The Bertz CT molecular complexity index is 924. The number of ether oxygens (including phenoxy) is 1. The third-order valence-corrected chi connectivity index (χ3v) is 5.42. The van der Waals surface area contributed by atoms with Crippen LogP contribution in [0.2, 0.25) is 5.02 Å². The Balaban J connectivity index is 1.60. The van der Waals surface area contributed by atoms with Gasteiger partial charge in [0.1, 0.15) is 11.5 Å². The second-order valence-electron chi connectivity index (χ2n) is 5.97. The zero-order valence-corrected chi connectivity index (χ0v) is 15.1. The van der Waals surface area contributed by atoms with Crippen molar-refractivity contribution in [3.05, 3.63) is 59.9 Å². The topological polar surface area (TPSA) is 51.4 Å². The number of benzene rings is 2. The number of fused-ring (bicyclic) bond motifs is 1. The summed E-state index contributed by atoms with van der Waals surface area (Å²) in [6.07, 6.45) is 8.06. The highest BCUT2D eigenvalue weighted by molar-refractivity contribution is 7.13. The van der Waals surface area contributed by atoms with Crippen LogP contribution in [0.3, 0.4) is 0 Å². The molecule has 1 atom stereocenters. The predicted octanol–water partition coefficient (Wildman–Crippen LogP) is 5.18. The van der Waals surface area contributed by atoms with Crippen LogP contribution in [0.4, 0.5) is 5.69 Å². The van der Waals surface area contributed by atoms with Gasteiger partial charge in [-0.15, -0.1) is 0 Å². The van der Waals surface area contributed by atoms with E-state index in [9.17, 15) is 0 Å². The van der Waals surface area contributed by atoms with Gasteiger partial charge in [-0.05, 0) is 61.3 Å². The Morgan fingerprint density at radius 1 is 1.28 bits per heavy atom. The first-order valence-electron chi connectivity index (χ1n) is 8.22. The lowest BCUT2D eigenvalue weighted by atomic mass is 10.1. The number of rotatable bonds is 5. The molecule has 0 radical (unpaired) electrons. The molecule has 1 unspecified atom stereocenters. The lowest BCUT2D eigenvalue weighted by molar-refractivity contribution is 0.488. The number of hydrogen-bond acceptors (Lipinski definition) is 5. The minimum Gasteiger partial charge on any atom is -0.455 e. The predicted molar refractivity (Wildman–Crippen MR) is 105 cm³/mol. The lowest BCUT2D eigenvalue weighted by Crippen LogP contribution is -2.28. The molecule has 1 aromatic heterocycles. The smallest absolute Gasteiger partial charge is 0.146 e. The van der Waals surface area contributed by atoms with Crippen LogP contribution in [-0.4, -0.2) is 17.0 Å². The lowest BCUT2D eigenvalue weighted by Gasteiger charge is -2.26. The summed E-state index contributed by atoms with van der Waals surface area (Å²) in [5.41, 5.74) is 6.78. The van der Waals surface area contributed by atoms with E-state index in [2.05, 4.69) is 21.5 Å². The molecule has 0 bridgehead atoms. The van der Waals surface area contributed by atoms with Gasteiger partial charge in [-0.1, -0.05) is 23.7 Å². The highest BCUT2D eigenvalue weighted by Crippen LogP contribution is 2.37. The van der Waals surface area contributed by atoms with Gasteiger partial charge in [-0.3, -0.25) is 0 Å². The second kappa shape index (κ2) is 7.04. The summed E-state index contributed by atoms with van der Waals surface area (Å²) in [6, 6.07) is 12.2. The normalized spacial score (nSPS) is 16.7. The first-order chi connectivity index (χ1) is 12.3. The van der Waals surface area contributed by atoms with Gasteiger partial charge in [0, 0.05) is 17.9 Å². The third-order valence-electron chi connectivity index (χ3n) is 4.36. The fourth-order valence-electron chi connectivity index (χ4n) is 3.12. The molecule has 128 valence electrons. The summed E-state index contributed by atoms with van der Waals surface area (Å²) >= 11 is 7.95. The Hall–Kier alpha value is -2.08. The maximum atomic E-state index is 6.49. The van der Waals surface area contributed by atoms with Crippen molar-refractivity contribution in [2.24, 2.45) is 5.73 Å². The average molecular weight is 372 g/mol. The monoisotopic (exact) mass is 371 g/mol. The van der Waals surface area contributed by atoms with Gasteiger partial charge in [0.2, 0.25) is 0 Å². The van der Waals surface area contributed by atoms with Crippen LogP contribution >= 0.6 is 23.1 Å². The van der Waals surface area contributed by atoms with E-state index in [4.69, 9.17) is 22.1 Å². The molecular formula is C19H18ClN3OS. The molecule has 1 aliphatic rings. The molecule has 4 nitrogen and oxygen atoms in total. The van der Waals surface area contributed by atoms with Crippen molar-refractivity contribution >= 4 is 38.9 Å². The first kappa shape index (κ1) is 16.4. The number of nitrogens with zero attached hydrogens (tertiary/aromatic N) is 2. The van der Waals surface area contributed by atoms with Crippen LogP contribution in [0, 0.1) is 0 Å². The molecule has 6 heteroatoms. The Morgan fingerprint density at radius 3 is 3.04 bits per heavy atom. The Morgan fingerprint density at radius 2 is 2.20 bits per heavy atom. The fourth-order valence-corrected chi connectivity index (χ4v) is 4.00. The molecule has 0 fully saturated rings. The summed E-state index contributed by atoms with van der Waals surface area (Å²) in [5, 5.41) is 1.59. The van der Waals surface area contributed by atoms with Gasteiger partial charge in [-0.25, -0.2) is 0 Å². The van der Waals surface area contributed by atoms with Crippen LogP contribution in [0.25, 0.3) is 10.1 Å². The van der Waals surface area contributed by atoms with Crippen molar-refractivity contribution in [1.82, 2.24) is 4.37 Å². The van der Waals surface area contributed by atoms with Crippen LogP contribution < -0.4 is 15.4 Å². The van der Waals surface area contributed by atoms with Gasteiger partial charge >= 0.3 is 0 Å². The van der Waals surface area contributed by atoms with E-state index in [-0.39, 0.29) is 0 Å². The van der Waals surface area contributed by atoms with Crippen LogP contribution in [-0.2, 0) is 0 Å². The summed E-state index contributed by atoms with van der Waals surface area (Å²) in [7, 11) is 0. The third kappa shape index (κ3) is 3.23. The van der Waals surface area contributed by atoms with Gasteiger partial charge < -0.3 is 15.4 Å². The highest BCUT2D eigenvalue weighted by atomic mass is 35.5. The largest absolute Gasteiger partial charge is 0.455 e. The van der Waals surface area contributed by atoms with Gasteiger partial charge in [0.25, 0.3) is 0 Å².